The van der Waals surface area contributed by atoms with Crippen molar-refractivity contribution in [2.45, 2.75) is 45.2 Å². The lowest BCUT2D eigenvalue weighted by molar-refractivity contribution is 0.358. The van der Waals surface area contributed by atoms with Crippen LogP contribution in [0, 0.1) is 0 Å². The first kappa shape index (κ1) is 13.2. The van der Waals surface area contributed by atoms with E-state index in [-0.39, 0.29) is 0 Å². The van der Waals surface area contributed by atoms with Gasteiger partial charge in [0, 0.05) is 18.8 Å². The molecule has 2 heterocycles. The molecule has 0 aromatic carbocycles. The van der Waals surface area contributed by atoms with Crippen LogP contribution in [0.4, 0.5) is 0 Å². The van der Waals surface area contributed by atoms with Crippen LogP contribution in [0.3, 0.4) is 0 Å². The largest absolute Gasteiger partial charge is 0.376 e. The number of likely N-dealkylation sites (tertiary alicyclic amines) is 2. The lowest BCUT2D eigenvalue weighted by Gasteiger charge is -2.20. The Morgan fingerprint density at radius 2 is 1.65 bits per heavy atom. The third-order valence-electron chi connectivity index (χ3n) is 4.23. The van der Waals surface area contributed by atoms with Crippen LogP contribution in [0.1, 0.15) is 32.6 Å². The van der Waals surface area contributed by atoms with Crippen LogP contribution in [0.25, 0.3) is 0 Å². The van der Waals surface area contributed by atoms with Crippen molar-refractivity contribution in [1.29, 1.82) is 0 Å². The number of hydrogen-bond donors (Lipinski definition) is 0. The van der Waals surface area contributed by atoms with E-state index in [1.807, 2.05) is 0 Å². The van der Waals surface area contributed by atoms with Gasteiger partial charge >= 0.3 is 0 Å². The van der Waals surface area contributed by atoms with Gasteiger partial charge in [-0.15, -0.1) is 0 Å². The van der Waals surface area contributed by atoms with Gasteiger partial charge in [0.15, 0.2) is 0 Å². The van der Waals surface area contributed by atoms with Crippen LogP contribution in [0.5, 0.6) is 0 Å². The van der Waals surface area contributed by atoms with Gasteiger partial charge in [-0.05, 0) is 58.3 Å². The molecule has 0 spiro atoms. The first-order chi connectivity index (χ1) is 8.25. The molecule has 2 saturated heterocycles. The fourth-order valence-electron chi connectivity index (χ4n) is 3.06. The molecule has 0 saturated carbocycles. The zero-order chi connectivity index (χ0) is 12.1. The molecule has 2 nitrogen and oxygen atoms in total. The molecular weight excluding hydrogens is 224 g/mol. The van der Waals surface area contributed by atoms with Gasteiger partial charge in [-0.25, -0.2) is 0 Å². The van der Waals surface area contributed by atoms with Gasteiger partial charge < -0.3 is 9.80 Å². The molecule has 0 amide bonds. The molecule has 2 rings (SSSR count). The highest BCUT2D eigenvalue weighted by Crippen LogP contribution is 2.15. The van der Waals surface area contributed by atoms with Gasteiger partial charge in [0.05, 0.1) is 8.80 Å². The average Bonchev–Trinajstić information content (AvgIpc) is 2.99. The van der Waals surface area contributed by atoms with E-state index in [9.17, 15) is 0 Å². The summed E-state index contributed by atoms with van der Waals surface area (Å²) in [5.74, 6) is 0. The van der Waals surface area contributed by atoms with E-state index in [1.54, 1.807) is 5.70 Å². The minimum atomic E-state index is -0.618. The quantitative estimate of drug-likeness (QED) is 0.694. The zero-order valence-electron chi connectivity index (χ0n) is 11.6. The average molecular weight is 252 g/mol. The molecule has 0 aromatic heterocycles. The van der Waals surface area contributed by atoms with E-state index in [1.165, 1.54) is 64.5 Å². The molecule has 2 fully saturated rings. The van der Waals surface area contributed by atoms with Crippen molar-refractivity contribution in [2.24, 2.45) is 0 Å². The molecule has 0 radical (unpaired) electrons. The van der Waals surface area contributed by atoms with Crippen molar-refractivity contribution in [1.82, 2.24) is 9.80 Å². The fourth-order valence-corrected chi connectivity index (χ4v) is 5.04. The van der Waals surface area contributed by atoms with E-state index >= 15 is 0 Å². The molecule has 1 atom stereocenters. The Balaban J connectivity index is 1.70. The topological polar surface area (TPSA) is 6.48 Å². The first-order valence-corrected chi connectivity index (χ1v) is 10.1. The predicted molar refractivity (Wildman–Crippen MR) is 78.1 cm³/mol. The van der Waals surface area contributed by atoms with Crippen molar-refractivity contribution in [3.63, 3.8) is 0 Å². The second-order valence-electron chi connectivity index (χ2n) is 5.82. The summed E-state index contributed by atoms with van der Waals surface area (Å²) in [5.41, 5.74) is 4.20. The van der Waals surface area contributed by atoms with Crippen LogP contribution in [-0.2, 0) is 0 Å². The van der Waals surface area contributed by atoms with Crippen LogP contribution in [0.2, 0.25) is 12.6 Å². The van der Waals surface area contributed by atoms with Crippen LogP contribution < -0.4 is 0 Å². The molecule has 3 heteroatoms. The summed E-state index contributed by atoms with van der Waals surface area (Å²) in [4.78, 5) is 5.24. The van der Waals surface area contributed by atoms with Crippen molar-refractivity contribution in [3.05, 3.63) is 11.4 Å². The Morgan fingerprint density at radius 3 is 2.29 bits per heavy atom. The van der Waals surface area contributed by atoms with Gasteiger partial charge in [0.25, 0.3) is 0 Å². The Morgan fingerprint density at radius 1 is 1.06 bits per heavy atom. The van der Waals surface area contributed by atoms with E-state index in [4.69, 9.17) is 0 Å². The molecular formula is C14H28N2Si. The molecule has 2 aliphatic heterocycles. The number of allylic oxidation sites excluding steroid dienone is 1. The third kappa shape index (κ3) is 4.14. The summed E-state index contributed by atoms with van der Waals surface area (Å²) >= 11 is 0. The minimum absolute atomic E-state index is 0.618. The Hall–Kier alpha value is -0.283. The standard InChI is InChI=1S/C14H28N2Si/c1-14(16-9-5-6-10-16)13-17(2)12-11-15-7-3-4-8-15/h13,17H,3-12H2,1-2H3. The molecule has 0 aliphatic carbocycles. The highest BCUT2D eigenvalue weighted by Gasteiger charge is 2.14. The van der Waals surface area contributed by atoms with Crippen molar-refractivity contribution in [2.75, 3.05) is 32.7 Å². The van der Waals surface area contributed by atoms with Gasteiger partial charge in [0.2, 0.25) is 0 Å². The lowest BCUT2D eigenvalue weighted by atomic mass is 10.4. The van der Waals surface area contributed by atoms with E-state index in [2.05, 4.69) is 29.0 Å². The number of hydrogen-bond acceptors (Lipinski definition) is 2. The van der Waals surface area contributed by atoms with Crippen LogP contribution >= 0.6 is 0 Å². The monoisotopic (exact) mass is 252 g/mol. The summed E-state index contributed by atoms with van der Waals surface area (Å²) in [7, 11) is -0.618. The highest BCUT2D eigenvalue weighted by atomic mass is 28.3. The second-order valence-corrected chi connectivity index (χ2v) is 8.68. The van der Waals surface area contributed by atoms with Gasteiger partial charge in [0.1, 0.15) is 0 Å². The summed E-state index contributed by atoms with van der Waals surface area (Å²) in [6.07, 6.45) is 5.65. The number of nitrogens with zero attached hydrogens (tertiary/aromatic N) is 2. The molecule has 2 aliphatic rings. The van der Waals surface area contributed by atoms with E-state index < -0.39 is 8.80 Å². The maximum absolute atomic E-state index is 2.66. The normalized spacial score (nSPS) is 24.6. The first-order valence-electron chi connectivity index (χ1n) is 7.41. The summed E-state index contributed by atoms with van der Waals surface area (Å²) in [5, 5.41) is 0. The maximum atomic E-state index is 2.66. The SMILES string of the molecule is CC(=C[SiH](C)CCN1CCCC1)N1CCCC1. The molecule has 1 unspecified atom stereocenters. The maximum Gasteiger partial charge on any atom is 0.0619 e. The Bertz CT molecular complexity index is 253. The van der Waals surface area contributed by atoms with Gasteiger partial charge in [-0.3, -0.25) is 0 Å². The highest BCUT2D eigenvalue weighted by molar-refractivity contribution is 6.63. The molecule has 0 aromatic rings. The lowest BCUT2D eigenvalue weighted by Crippen LogP contribution is -2.24. The van der Waals surface area contributed by atoms with Crippen LogP contribution in [0.15, 0.2) is 11.4 Å². The van der Waals surface area contributed by atoms with Gasteiger partial charge in [-0.2, -0.15) is 0 Å². The molecule has 0 N–H and O–H groups in total. The smallest absolute Gasteiger partial charge is 0.0619 e. The minimum Gasteiger partial charge on any atom is -0.376 e. The van der Waals surface area contributed by atoms with Gasteiger partial charge in [-0.1, -0.05) is 12.2 Å². The summed E-state index contributed by atoms with van der Waals surface area (Å²) in [6.45, 7) is 11.5. The van der Waals surface area contributed by atoms with Crippen molar-refractivity contribution >= 4 is 8.80 Å². The molecule has 0 bridgehead atoms. The molecule has 98 valence electrons. The molecule has 17 heavy (non-hydrogen) atoms. The summed E-state index contributed by atoms with van der Waals surface area (Å²) in [6, 6.07) is 1.46. The number of rotatable bonds is 5. The summed E-state index contributed by atoms with van der Waals surface area (Å²) < 4.78 is 0. The van der Waals surface area contributed by atoms with E-state index in [0.29, 0.717) is 0 Å². The van der Waals surface area contributed by atoms with E-state index in [0.717, 1.165) is 0 Å². The second kappa shape index (κ2) is 6.60. The van der Waals surface area contributed by atoms with Crippen molar-refractivity contribution < 1.29 is 0 Å². The van der Waals surface area contributed by atoms with Crippen LogP contribution in [-0.4, -0.2) is 51.3 Å². The van der Waals surface area contributed by atoms with Crippen molar-refractivity contribution in [3.8, 4) is 0 Å². The Labute approximate surface area is 108 Å². The predicted octanol–water partition coefficient (Wildman–Crippen LogP) is 2.48. The Kier molecular flexibility index (Phi) is 5.10. The fraction of sp³-hybridized carbons (Fsp3) is 0.857. The third-order valence-corrected chi connectivity index (χ3v) is 6.45. The zero-order valence-corrected chi connectivity index (χ0v) is 12.8.